The van der Waals surface area contributed by atoms with Crippen molar-refractivity contribution in [2.45, 2.75) is 19.3 Å². The van der Waals surface area contributed by atoms with Crippen LogP contribution in [0.3, 0.4) is 0 Å². The largest absolute Gasteiger partial charge is 0.351 e. The standard InChI is InChI=1S/C12H17ClN2O2/c1-8(13)5-14-12(17)10-4-11(16)15(7-10)6-9-2-3-9/h9-10H,1-7H2,(H,14,17). The minimum absolute atomic E-state index is 0.0987. The second-order valence-corrected chi connectivity index (χ2v) is 5.41. The molecule has 17 heavy (non-hydrogen) atoms. The molecule has 5 heteroatoms. The minimum atomic E-state index is -0.225. The Morgan fingerprint density at radius 1 is 1.53 bits per heavy atom. The molecule has 1 unspecified atom stereocenters. The highest BCUT2D eigenvalue weighted by molar-refractivity contribution is 6.29. The van der Waals surface area contributed by atoms with E-state index in [0.29, 0.717) is 23.9 Å². The molecule has 1 saturated carbocycles. The number of hydrogen-bond donors (Lipinski definition) is 1. The third-order valence-corrected chi connectivity index (χ3v) is 3.35. The van der Waals surface area contributed by atoms with Crippen molar-refractivity contribution in [2.24, 2.45) is 11.8 Å². The smallest absolute Gasteiger partial charge is 0.225 e. The van der Waals surface area contributed by atoms with Crippen molar-refractivity contribution in [3.63, 3.8) is 0 Å². The number of nitrogens with zero attached hydrogens (tertiary/aromatic N) is 1. The van der Waals surface area contributed by atoms with E-state index in [-0.39, 0.29) is 24.3 Å². The van der Waals surface area contributed by atoms with Crippen LogP contribution in [-0.4, -0.2) is 36.3 Å². The molecule has 2 aliphatic rings. The molecule has 1 N–H and O–H groups in total. The van der Waals surface area contributed by atoms with Gasteiger partial charge in [-0.2, -0.15) is 0 Å². The molecule has 0 radical (unpaired) electrons. The Bertz CT molecular complexity index is 352. The zero-order chi connectivity index (χ0) is 12.4. The monoisotopic (exact) mass is 256 g/mol. The highest BCUT2D eigenvalue weighted by atomic mass is 35.5. The van der Waals surface area contributed by atoms with Gasteiger partial charge in [0.2, 0.25) is 11.8 Å². The van der Waals surface area contributed by atoms with Gasteiger partial charge in [-0.3, -0.25) is 9.59 Å². The van der Waals surface area contributed by atoms with Gasteiger partial charge in [0.05, 0.1) is 12.5 Å². The maximum Gasteiger partial charge on any atom is 0.225 e. The normalized spacial score (nSPS) is 23.9. The summed E-state index contributed by atoms with van der Waals surface area (Å²) in [6, 6.07) is 0. The number of rotatable bonds is 5. The topological polar surface area (TPSA) is 49.4 Å². The summed E-state index contributed by atoms with van der Waals surface area (Å²) in [6.07, 6.45) is 2.76. The van der Waals surface area contributed by atoms with Crippen LogP contribution in [0.15, 0.2) is 11.6 Å². The molecule has 2 rings (SSSR count). The van der Waals surface area contributed by atoms with Crippen LogP contribution in [0.5, 0.6) is 0 Å². The first-order valence-electron chi connectivity index (χ1n) is 5.95. The molecule has 0 aromatic carbocycles. The summed E-state index contributed by atoms with van der Waals surface area (Å²) in [5.41, 5.74) is 0. The number of likely N-dealkylation sites (tertiary alicyclic amines) is 1. The SMILES string of the molecule is C=C(Cl)CNC(=O)C1CC(=O)N(CC2CC2)C1. The molecule has 1 saturated heterocycles. The van der Waals surface area contributed by atoms with Crippen LogP contribution < -0.4 is 5.32 Å². The van der Waals surface area contributed by atoms with Crippen LogP contribution in [0, 0.1) is 11.8 Å². The summed E-state index contributed by atoms with van der Waals surface area (Å²) >= 11 is 5.58. The maximum atomic E-state index is 11.8. The van der Waals surface area contributed by atoms with Gasteiger partial charge in [-0.25, -0.2) is 0 Å². The fourth-order valence-corrected chi connectivity index (χ4v) is 2.13. The zero-order valence-electron chi connectivity index (χ0n) is 9.75. The van der Waals surface area contributed by atoms with Crippen LogP contribution in [0.2, 0.25) is 0 Å². The number of amides is 2. The maximum absolute atomic E-state index is 11.8. The average Bonchev–Trinajstić information content (AvgIpc) is 3.00. The lowest BCUT2D eigenvalue weighted by Gasteiger charge is -2.15. The predicted octanol–water partition coefficient (Wildman–Crippen LogP) is 1.11. The van der Waals surface area contributed by atoms with Crippen molar-refractivity contribution >= 4 is 23.4 Å². The molecule has 1 atom stereocenters. The van der Waals surface area contributed by atoms with Crippen molar-refractivity contribution in [3.05, 3.63) is 11.6 Å². The number of carbonyl (C=O) groups excluding carboxylic acids is 2. The van der Waals surface area contributed by atoms with Crippen LogP contribution in [-0.2, 0) is 9.59 Å². The highest BCUT2D eigenvalue weighted by Gasteiger charge is 2.36. The molecular formula is C12H17ClN2O2. The second-order valence-electron chi connectivity index (χ2n) is 4.88. The Kier molecular flexibility index (Phi) is 3.72. The highest BCUT2D eigenvalue weighted by Crippen LogP contribution is 2.31. The summed E-state index contributed by atoms with van der Waals surface area (Å²) in [7, 11) is 0. The number of carbonyl (C=O) groups is 2. The summed E-state index contributed by atoms with van der Waals surface area (Å²) in [5, 5.41) is 3.09. The fraction of sp³-hybridized carbons (Fsp3) is 0.667. The van der Waals surface area contributed by atoms with Gasteiger partial charge in [-0.15, -0.1) is 0 Å². The van der Waals surface area contributed by atoms with Crippen molar-refractivity contribution in [1.82, 2.24) is 10.2 Å². The van der Waals surface area contributed by atoms with Gasteiger partial charge in [0, 0.05) is 24.5 Å². The van der Waals surface area contributed by atoms with Gasteiger partial charge >= 0.3 is 0 Å². The first-order chi connectivity index (χ1) is 8.06. The zero-order valence-corrected chi connectivity index (χ0v) is 10.5. The van der Waals surface area contributed by atoms with Crippen LogP contribution >= 0.6 is 11.6 Å². The number of halogens is 1. The molecule has 0 aromatic heterocycles. The van der Waals surface area contributed by atoms with E-state index in [1.165, 1.54) is 12.8 Å². The summed E-state index contributed by atoms with van der Waals surface area (Å²) < 4.78 is 0. The van der Waals surface area contributed by atoms with Gasteiger partial charge in [0.1, 0.15) is 0 Å². The van der Waals surface area contributed by atoms with Crippen molar-refractivity contribution in [3.8, 4) is 0 Å². The van der Waals surface area contributed by atoms with Gasteiger partial charge in [-0.05, 0) is 18.8 Å². The Hall–Kier alpha value is -1.03. The predicted molar refractivity (Wildman–Crippen MR) is 65.4 cm³/mol. The summed E-state index contributed by atoms with van der Waals surface area (Å²) in [5.74, 6) is 0.445. The van der Waals surface area contributed by atoms with Crippen LogP contribution in [0.4, 0.5) is 0 Å². The van der Waals surface area contributed by atoms with E-state index in [4.69, 9.17) is 11.6 Å². The lowest BCUT2D eigenvalue weighted by molar-refractivity contribution is -0.129. The average molecular weight is 257 g/mol. The molecule has 1 heterocycles. The Morgan fingerprint density at radius 3 is 2.82 bits per heavy atom. The van der Waals surface area contributed by atoms with E-state index in [1.807, 2.05) is 4.90 Å². The van der Waals surface area contributed by atoms with E-state index in [0.717, 1.165) is 6.54 Å². The molecule has 1 aliphatic heterocycles. The van der Waals surface area contributed by atoms with Gasteiger partial charge in [0.15, 0.2) is 0 Å². The van der Waals surface area contributed by atoms with Crippen LogP contribution in [0.25, 0.3) is 0 Å². The van der Waals surface area contributed by atoms with E-state index in [2.05, 4.69) is 11.9 Å². The molecule has 94 valence electrons. The molecular weight excluding hydrogens is 240 g/mol. The lowest BCUT2D eigenvalue weighted by Crippen LogP contribution is -2.34. The molecule has 4 nitrogen and oxygen atoms in total. The number of hydrogen-bond acceptors (Lipinski definition) is 2. The molecule has 0 spiro atoms. The van der Waals surface area contributed by atoms with Crippen molar-refractivity contribution < 1.29 is 9.59 Å². The third-order valence-electron chi connectivity index (χ3n) is 3.22. The van der Waals surface area contributed by atoms with Gasteiger partial charge < -0.3 is 10.2 Å². The summed E-state index contributed by atoms with van der Waals surface area (Å²) in [4.78, 5) is 25.3. The molecule has 0 bridgehead atoms. The second kappa shape index (κ2) is 5.08. The molecule has 2 fully saturated rings. The van der Waals surface area contributed by atoms with E-state index in [1.54, 1.807) is 0 Å². The van der Waals surface area contributed by atoms with Gasteiger partial charge in [-0.1, -0.05) is 18.2 Å². The van der Waals surface area contributed by atoms with Crippen molar-refractivity contribution in [1.29, 1.82) is 0 Å². The van der Waals surface area contributed by atoms with E-state index in [9.17, 15) is 9.59 Å². The van der Waals surface area contributed by atoms with E-state index < -0.39 is 0 Å². The Balaban J connectivity index is 1.80. The lowest BCUT2D eigenvalue weighted by atomic mass is 10.1. The minimum Gasteiger partial charge on any atom is -0.351 e. The quantitative estimate of drug-likeness (QED) is 0.801. The fourth-order valence-electron chi connectivity index (χ4n) is 2.06. The third kappa shape index (κ3) is 3.46. The van der Waals surface area contributed by atoms with E-state index >= 15 is 0 Å². The molecule has 2 amide bonds. The Morgan fingerprint density at radius 2 is 2.24 bits per heavy atom. The first kappa shape index (κ1) is 12.4. The Labute approximate surface area is 106 Å². The van der Waals surface area contributed by atoms with Gasteiger partial charge in [0.25, 0.3) is 0 Å². The molecule has 1 aliphatic carbocycles. The summed E-state index contributed by atoms with van der Waals surface area (Å²) in [6.45, 7) is 5.15. The van der Waals surface area contributed by atoms with Crippen LogP contribution in [0.1, 0.15) is 19.3 Å². The first-order valence-corrected chi connectivity index (χ1v) is 6.33. The number of nitrogens with one attached hydrogen (secondary N) is 1. The molecule has 0 aromatic rings. The van der Waals surface area contributed by atoms with Crippen molar-refractivity contribution in [2.75, 3.05) is 19.6 Å².